The molecule has 90 valence electrons. The summed E-state index contributed by atoms with van der Waals surface area (Å²) in [7, 11) is 0. The van der Waals surface area contributed by atoms with Crippen molar-refractivity contribution in [1.82, 2.24) is 10.6 Å². The molecule has 1 heterocycles. The van der Waals surface area contributed by atoms with E-state index >= 15 is 0 Å². The molecule has 0 aromatic heterocycles. The highest BCUT2D eigenvalue weighted by atomic mass is 16.2. The second-order valence-electron chi connectivity index (χ2n) is 4.23. The van der Waals surface area contributed by atoms with Crippen LogP contribution in [0.25, 0.3) is 0 Å². The lowest BCUT2D eigenvalue weighted by Crippen LogP contribution is -2.40. The zero-order chi connectivity index (χ0) is 12.1. The van der Waals surface area contributed by atoms with Gasteiger partial charge in [0.15, 0.2) is 5.84 Å². The Labute approximate surface area is 101 Å². The average molecular weight is 231 g/mol. The topological polar surface area (TPSA) is 53.5 Å². The molecule has 1 aromatic rings. The van der Waals surface area contributed by atoms with Crippen LogP contribution in [0.15, 0.2) is 35.3 Å². The van der Waals surface area contributed by atoms with Crippen molar-refractivity contribution in [1.29, 1.82) is 0 Å². The van der Waals surface area contributed by atoms with Crippen LogP contribution in [0.2, 0.25) is 0 Å². The number of amidine groups is 1. The molecule has 1 aliphatic heterocycles. The summed E-state index contributed by atoms with van der Waals surface area (Å²) in [6.45, 7) is 3.33. The molecule has 1 aliphatic rings. The standard InChI is InChI=1S/C13H17N3O/c1-10-9-15-12(16-10)13(17)14-8-7-11-5-3-2-4-6-11/h2-6,10H,7-9H2,1H3,(H,14,17)(H,15,16). The Morgan fingerprint density at radius 3 is 2.88 bits per heavy atom. The van der Waals surface area contributed by atoms with Gasteiger partial charge in [0.2, 0.25) is 0 Å². The maximum atomic E-state index is 11.7. The first kappa shape index (κ1) is 11.6. The Morgan fingerprint density at radius 1 is 1.47 bits per heavy atom. The van der Waals surface area contributed by atoms with E-state index in [1.807, 2.05) is 25.1 Å². The summed E-state index contributed by atoms with van der Waals surface area (Å²) in [5.41, 5.74) is 1.22. The highest BCUT2D eigenvalue weighted by Gasteiger charge is 2.18. The highest BCUT2D eigenvalue weighted by molar-refractivity contribution is 6.38. The van der Waals surface area contributed by atoms with E-state index in [2.05, 4.69) is 27.8 Å². The summed E-state index contributed by atoms with van der Waals surface area (Å²) in [6.07, 6.45) is 0.843. The fourth-order valence-corrected chi connectivity index (χ4v) is 1.74. The predicted molar refractivity (Wildman–Crippen MR) is 68.1 cm³/mol. The predicted octanol–water partition coefficient (Wildman–Crippen LogP) is 0.735. The molecule has 0 spiro atoms. The summed E-state index contributed by atoms with van der Waals surface area (Å²) in [5.74, 6) is 0.357. The monoisotopic (exact) mass is 231 g/mol. The molecular weight excluding hydrogens is 214 g/mol. The van der Waals surface area contributed by atoms with Crippen LogP contribution in [0.4, 0.5) is 0 Å². The lowest BCUT2D eigenvalue weighted by molar-refractivity contribution is -0.114. The normalized spacial score (nSPS) is 18.4. The Bertz CT molecular complexity index is 414. The maximum Gasteiger partial charge on any atom is 0.286 e. The summed E-state index contributed by atoms with van der Waals surface area (Å²) >= 11 is 0. The van der Waals surface area contributed by atoms with Gasteiger partial charge in [-0.05, 0) is 18.9 Å². The van der Waals surface area contributed by atoms with Gasteiger partial charge in [0.25, 0.3) is 5.91 Å². The zero-order valence-corrected chi connectivity index (χ0v) is 9.94. The first-order valence-electron chi connectivity index (χ1n) is 5.89. The van der Waals surface area contributed by atoms with Crippen LogP contribution in [0, 0.1) is 0 Å². The Balaban J connectivity index is 1.74. The minimum atomic E-state index is -0.106. The number of amides is 1. The number of aliphatic imine (C=N–C) groups is 1. The van der Waals surface area contributed by atoms with Gasteiger partial charge in [-0.2, -0.15) is 0 Å². The van der Waals surface area contributed by atoms with Crippen molar-refractivity contribution < 1.29 is 4.79 Å². The molecule has 1 aromatic carbocycles. The van der Waals surface area contributed by atoms with Crippen LogP contribution in [-0.2, 0) is 11.2 Å². The Morgan fingerprint density at radius 2 is 2.24 bits per heavy atom. The fourth-order valence-electron chi connectivity index (χ4n) is 1.74. The van der Waals surface area contributed by atoms with Gasteiger partial charge in [-0.15, -0.1) is 0 Å². The first-order chi connectivity index (χ1) is 8.25. The summed E-state index contributed by atoms with van der Waals surface area (Å²) in [5, 5.41) is 5.90. The maximum absolute atomic E-state index is 11.7. The number of hydrogen-bond acceptors (Lipinski definition) is 3. The lowest BCUT2D eigenvalue weighted by atomic mass is 10.1. The van der Waals surface area contributed by atoms with Gasteiger partial charge in [0.05, 0.1) is 6.54 Å². The van der Waals surface area contributed by atoms with Crippen LogP contribution in [0.1, 0.15) is 12.5 Å². The van der Waals surface area contributed by atoms with Crippen molar-refractivity contribution in [3.05, 3.63) is 35.9 Å². The third-order valence-electron chi connectivity index (χ3n) is 2.66. The molecule has 0 radical (unpaired) electrons. The van der Waals surface area contributed by atoms with Gasteiger partial charge in [0.1, 0.15) is 0 Å². The molecule has 1 atom stereocenters. The molecule has 2 rings (SSSR count). The van der Waals surface area contributed by atoms with Gasteiger partial charge >= 0.3 is 0 Å². The number of rotatable bonds is 4. The van der Waals surface area contributed by atoms with Crippen LogP contribution in [-0.4, -0.2) is 30.9 Å². The van der Waals surface area contributed by atoms with Crippen molar-refractivity contribution in [2.45, 2.75) is 19.4 Å². The molecule has 0 saturated heterocycles. The van der Waals surface area contributed by atoms with Crippen molar-refractivity contribution in [2.75, 3.05) is 13.1 Å². The summed E-state index contributed by atoms with van der Waals surface area (Å²) < 4.78 is 0. The molecule has 4 heteroatoms. The summed E-state index contributed by atoms with van der Waals surface area (Å²) in [4.78, 5) is 15.8. The third kappa shape index (κ3) is 3.31. The van der Waals surface area contributed by atoms with Gasteiger partial charge in [0, 0.05) is 12.6 Å². The van der Waals surface area contributed by atoms with E-state index in [9.17, 15) is 4.79 Å². The fraction of sp³-hybridized carbons (Fsp3) is 0.385. The van der Waals surface area contributed by atoms with Crippen LogP contribution >= 0.6 is 0 Å². The van der Waals surface area contributed by atoms with Gasteiger partial charge in [-0.3, -0.25) is 9.79 Å². The van der Waals surface area contributed by atoms with Crippen LogP contribution in [0.3, 0.4) is 0 Å². The Hall–Kier alpha value is -1.84. The quantitative estimate of drug-likeness (QED) is 0.803. The summed E-state index contributed by atoms with van der Waals surface area (Å²) in [6, 6.07) is 10.4. The highest BCUT2D eigenvalue weighted by Crippen LogP contribution is 1.98. The minimum absolute atomic E-state index is 0.106. The second kappa shape index (κ2) is 5.48. The van der Waals surface area contributed by atoms with E-state index in [4.69, 9.17) is 0 Å². The molecule has 2 N–H and O–H groups in total. The minimum Gasteiger partial charge on any atom is -0.361 e. The number of benzene rings is 1. The number of carbonyl (C=O) groups is 1. The number of nitrogens with one attached hydrogen (secondary N) is 2. The SMILES string of the molecule is CC1CN=C(C(=O)NCCc2ccccc2)N1. The third-order valence-corrected chi connectivity index (χ3v) is 2.66. The van der Waals surface area contributed by atoms with Crippen molar-refractivity contribution in [2.24, 2.45) is 4.99 Å². The average Bonchev–Trinajstić information content (AvgIpc) is 2.77. The van der Waals surface area contributed by atoms with E-state index in [1.54, 1.807) is 0 Å². The molecule has 0 fully saturated rings. The number of nitrogens with zero attached hydrogens (tertiary/aromatic N) is 1. The number of hydrogen-bond donors (Lipinski definition) is 2. The van der Waals surface area contributed by atoms with E-state index in [-0.39, 0.29) is 11.9 Å². The lowest BCUT2D eigenvalue weighted by Gasteiger charge is -2.07. The smallest absolute Gasteiger partial charge is 0.286 e. The van der Waals surface area contributed by atoms with Crippen LogP contribution in [0.5, 0.6) is 0 Å². The van der Waals surface area contributed by atoms with Gasteiger partial charge in [-0.25, -0.2) is 0 Å². The van der Waals surface area contributed by atoms with Crippen LogP contribution < -0.4 is 10.6 Å². The molecule has 1 amide bonds. The van der Waals surface area contributed by atoms with Crippen molar-refractivity contribution in [3.8, 4) is 0 Å². The molecule has 0 aliphatic carbocycles. The molecule has 4 nitrogen and oxygen atoms in total. The molecule has 0 saturated carbocycles. The van der Waals surface area contributed by atoms with E-state index in [1.165, 1.54) is 5.56 Å². The largest absolute Gasteiger partial charge is 0.361 e. The van der Waals surface area contributed by atoms with E-state index < -0.39 is 0 Å². The van der Waals surface area contributed by atoms with Gasteiger partial charge in [-0.1, -0.05) is 30.3 Å². The van der Waals surface area contributed by atoms with Crippen molar-refractivity contribution >= 4 is 11.7 Å². The second-order valence-corrected chi connectivity index (χ2v) is 4.23. The molecule has 0 bridgehead atoms. The zero-order valence-electron chi connectivity index (χ0n) is 9.94. The van der Waals surface area contributed by atoms with E-state index in [0.717, 1.165) is 6.42 Å². The molecular formula is C13H17N3O. The van der Waals surface area contributed by atoms with Gasteiger partial charge < -0.3 is 10.6 Å². The van der Waals surface area contributed by atoms with Crippen molar-refractivity contribution in [3.63, 3.8) is 0 Å². The Kier molecular flexibility index (Phi) is 3.75. The molecule has 1 unspecified atom stereocenters. The molecule has 17 heavy (non-hydrogen) atoms. The van der Waals surface area contributed by atoms with E-state index in [0.29, 0.717) is 18.9 Å². The number of carbonyl (C=O) groups excluding carboxylic acids is 1. The first-order valence-corrected chi connectivity index (χ1v) is 5.89.